The van der Waals surface area contributed by atoms with Crippen LogP contribution in [0.2, 0.25) is 19.1 Å². The Labute approximate surface area is 217 Å². The number of aromatic amines is 2. The van der Waals surface area contributed by atoms with E-state index in [2.05, 4.69) is 67.9 Å². The highest BCUT2D eigenvalue weighted by Gasteiger charge is 2.41. The summed E-state index contributed by atoms with van der Waals surface area (Å²) in [5.74, 6) is 2.13. The Hall–Kier alpha value is -3.07. The summed E-state index contributed by atoms with van der Waals surface area (Å²) in [5, 5.41) is 7.23. The Morgan fingerprint density at radius 1 is 0.838 bits per heavy atom. The van der Waals surface area contributed by atoms with E-state index in [1.165, 1.54) is 18.9 Å². The minimum absolute atomic E-state index is 0.132. The van der Waals surface area contributed by atoms with Gasteiger partial charge in [-0.25, -0.2) is 9.97 Å². The van der Waals surface area contributed by atoms with Crippen LogP contribution in [-0.4, -0.2) is 40.2 Å². The third-order valence-electron chi connectivity index (χ3n) is 8.58. The van der Waals surface area contributed by atoms with Gasteiger partial charge in [0.15, 0.2) is 0 Å². The number of imidazole rings is 2. The lowest BCUT2D eigenvalue weighted by Gasteiger charge is -2.29. The zero-order valence-electron chi connectivity index (χ0n) is 21.3. The van der Waals surface area contributed by atoms with E-state index in [4.69, 9.17) is 0 Å². The summed E-state index contributed by atoms with van der Waals surface area (Å²) < 4.78 is 14.8. The lowest BCUT2D eigenvalue weighted by Crippen LogP contribution is -2.35. The molecule has 7 rings (SSSR count). The Balaban J connectivity index is 1.06. The topological polar surface area (TPSA) is 81.4 Å². The Kier molecular flexibility index (Phi) is 5.46. The van der Waals surface area contributed by atoms with Crippen LogP contribution in [0, 0.1) is 11.9 Å². The zero-order valence-corrected chi connectivity index (χ0v) is 22.3. The highest BCUT2D eigenvalue weighted by Crippen LogP contribution is 2.42. The van der Waals surface area contributed by atoms with Crippen molar-refractivity contribution >= 4 is 8.07 Å². The first kappa shape index (κ1) is 23.1. The van der Waals surface area contributed by atoms with Gasteiger partial charge in [0.05, 0.1) is 32.0 Å². The fourth-order valence-corrected chi connectivity index (χ4v) is 8.61. The van der Waals surface area contributed by atoms with Crippen molar-refractivity contribution < 1.29 is 4.39 Å². The standard InChI is InChI=1S/C29H33FN6Si/c1-37(2)15-25(32-16-37)28-31-14-24(34-28)19-7-3-17(4-8-19)18-5-9-20(10-6-18)26-27(30)36-29(35-26)23-13-21-11-12-22(21)33-23/h3-10,14,21-23,25,32-33H,11-13,15-16H2,1-2H3,(H,31,34)(H,35,36). The number of hydrogen-bond acceptors (Lipinski definition) is 4. The van der Waals surface area contributed by atoms with E-state index in [-0.39, 0.29) is 12.0 Å². The molecule has 3 aliphatic rings. The van der Waals surface area contributed by atoms with Crippen molar-refractivity contribution in [3.05, 3.63) is 72.3 Å². The summed E-state index contributed by atoms with van der Waals surface area (Å²) in [6, 6.07) is 18.8. The molecule has 0 amide bonds. The number of fused-ring (bicyclic) bond motifs is 1. The Morgan fingerprint density at radius 2 is 1.54 bits per heavy atom. The predicted molar refractivity (Wildman–Crippen MR) is 147 cm³/mol. The first-order valence-corrected chi connectivity index (χ1v) is 16.8. The van der Waals surface area contributed by atoms with Crippen LogP contribution < -0.4 is 10.6 Å². The lowest BCUT2D eigenvalue weighted by molar-refractivity contribution is 0.276. The molecule has 0 bridgehead atoms. The van der Waals surface area contributed by atoms with Gasteiger partial charge in [-0.15, -0.1) is 0 Å². The largest absolute Gasteiger partial charge is 0.341 e. The predicted octanol–water partition coefficient (Wildman–Crippen LogP) is 5.98. The molecule has 4 heterocycles. The van der Waals surface area contributed by atoms with Crippen molar-refractivity contribution in [1.29, 1.82) is 0 Å². The molecular formula is C29H33FN6Si. The average Bonchev–Trinajstić information content (AvgIpc) is 3.66. The molecule has 4 N–H and O–H groups in total. The van der Waals surface area contributed by atoms with Gasteiger partial charge in [0.2, 0.25) is 5.95 Å². The van der Waals surface area contributed by atoms with Crippen molar-refractivity contribution in [2.45, 2.75) is 56.5 Å². The summed E-state index contributed by atoms with van der Waals surface area (Å²) >= 11 is 0. The van der Waals surface area contributed by atoms with Gasteiger partial charge >= 0.3 is 0 Å². The van der Waals surface area contributed by atoms with E-state index >= 15 is 0 Å². The summed E-state index contributed by atoms with van der Waals surface area (Å²) in [7, 11) is -1.14. The quantitative estimate of drug-likeness (QED) is 0.248. The smallest absolute Gasteiger partial charge is 0.219 e. The lowest BCUT2D eigenvalue weighted by atomic mass is 9.80. The number of aromatic nitrogens is 4. The summed E-state index contributed by atoms with van der Waals surface area (Å²) in [4.78, 5) is 15.7. The number of halogens is 1. The van der Waals surface area contributed by atoms with Gasteiger partial charge < -0.3 is 20.6 Å². The van der Waals surface area contributed by atoms with E-state index in [0.717, 1.165) is 58.1 Å². The molecule has 0 spiro atoms. The fraction of sp³-hybridized carbons (Fsp3) is 0.379. The van der Waals surface area contributed by atoms with Gasteiger partial charge in [-0.05, 0) is 54.1 Å². The first-order chi connectivity index (χ1) is 17.9. The maximum atomic E-state index is 14.8. The van der Waals surface area contributed by atoms with Crippen molar-refractivity contribution in [3.8, 4) is 33.6 Å². The van der Waals surface area contributed by atoms with Crippen LogP contribution in [0.15, 0.2) is 54.7 Å². The van der Waals surface area contributed by atoms with E-state index < -0.39 is 8.07 Å². The molecule has 0 radical (unpaired) electrons. The maximum absolute atomic E-state index is 14.8. The Bertz CT molecular complexity index is 1410. The van der Waals surface area contributed by atoms with Gasteiger partial charge in [-0.3, -0.25) is 0 Å². The molecule has 2 aliphatic heterocycles. The molecule has 190 valence electrons. The third kappa shape index (κ3) is 4.27. The molecular weight excluding hydrogens is 479 g/mol. The highest BCUT2D eigenvalue weighted by atomic mass is 28.3. The molecule has 4 atom stereocenters. The molecule has 2 saturated heterocycles. The minimum Gasteiger partial charge on any atom is -0.341 e. The van der Waals surface area contributed by atoms with Gasteiger partial charge in [0, 0.05) is 11.6 Å². The second-order valence-electron chi connectivity index (χ2n) is 11.8. The van der Waals surface area contributed by atoms with Crippen LogP contribution in [0.3, 0.4) is 0 Å². The molecule has 8 heteroatoms. The molecule has 1 saturated carbocycles. The number of H-pyrrole nitrogens is 2. The molecule has 1 aliphatic carbocycles. The highest BCUT2D eigenvalue weighted by molar-refractivity contribution is 6.78. The summed E-state index contributed by atoms with van der Waals surface area (Å²) in [6.07, 6.45) is 6.62. The first-order valence-electron chi connectivity index (χ1n) is 13.4. The number of nitrogens with one attached hydrogen (secondary N) is 4. The van der Waals surface area contributed by atoms with Crippen molar-refractivity contribution in [1.82, 2.24) is 30.6 Å². The SMILES string of the molecule is C[Si]1(C)CNC(c2ncc(-c3ccc(-c4ccc(-c5nc(C6CC7CCC7N6)[nH]c5F)cc4)cc3)[nH]2)C1. The van der Waals surface area contributed by atoms with E-state index in [9.17, 15) is 4.39 Å². The number of rotatable bonds is 5. The van der Waals surface area contributed by atoms with Crippen LogP contribution >= 0.6 is 0 Å². The fourth-order valence-electron chi connectivity index (χ4n) is 6.23. The molecule has 2 aromatic heterocycles. The number of nitrogens with zero attached hydrogens (tertiary/aromatic N) is 2. The van der Waals surface area contributed by atoms with E-state index in [0.29, 0.717) is 17.8 Å². The van der Waals surface area contributed by atoms with Crippen LogP contribution in [0.1, 0.15) is 43.0 Å². The molecule has 4 aromatic rings. The van der Waals surface area contributed by atoms with Gasteiger partial charge in [-0.2, -0.15) is 4.39 Å². The zero-order chi connectivity index (χ0) is 25.1. The van der Waals surface area contributed by atoms with Crippen molar-refractivity contribution in [3.63, 3.8) is 0 Å². The van der Waals surface area contributed by atoms with Crippen molar-refractivity contribution in [2.24, 2.45) is 5.92 Å². The monoisotopic (exact) mass is 512 g/mol. The van der Waals surface area contributed by atoms with E-state index in [1.54, 1.807) is 0 Å². The van der Waals surface area contributed by atoms with Gasteiger partial charge in [-0.1, -0.05) is 61.6 Å². The molecule has 3 fully saturated rings. The Morgan fingerprint density at radius 3 is 2.14 bits per heavy atom. The molecule has 2 aromatic carbocycles. The second-order valence-corrected chi connectivity index (χ2v) is 16.9. The second kappa shape index (κ2) is 8.75. The van der Waals surface area contributed by atoms with Crippen LogP contribution in [0.25, 0.3) is 33.6 Å². The normalized spacial score (nSPS) is 26.2. The third-order valence-corrected chi connectivity index (χ3v) is 11.3. The van der Waals surface area contributed by atoms with Crippen LogP contribution in [-0.2, 0) is 0 Å². The van der Waals surface area contributed by atoms with Gasteiger partial charge in [0.1, 0.15) is 17.3 Å². The number of hydrogen-bond donors (Lipinski definition) is 4. The van der Waals surface area contributed by atoms with Crippen molar-refractivity contribution in [2.75, 3.05) is 6.17 Å². The van der Waals surface area contributed by atoms with E-state index in [1.807, 2.05) is 30.5 Å². The molecule has 4 unspecified atom stereocenters. The average molecular weight is 513 g/mol. The summed E-state index contributed by atoms with van der Waals surface area (Å²) in [5.41, 5.74) is 5.56. The molecule has 6 nitrogen and oxygen atoms in total. The minimum atomic E-state index is -1.14. The summed E-state index contributed by atoms with van der Waals surface area (Å²) in [6.45, 7) is 4.85. The van der Waals surface area contributed by atoms with Gasteiger partial charge in [0.25, 0.3) is 0 Å². The number of benzene rings is 2. The maximum Gasteiger partial charge on any atom is 0.219 e. The van der Waals surface area contributed by atoms with Crippen LogP contribution in [0.5, 0.6) is 0 Å². The van der Waals surface area contributed by atoms with Crippen LogP contribution in [0.4, 0.5) is 4.39 Å². The molecule has 37 heavy (non-hydrogen) atoms.